The van der Waals surface area contributed by atoms with Crippen molar-refractivity contribution in [3.8, 4) is 0 Å². The largest absolute Gasteiger partial charge is 0.348 e. The van der Waals surface area contributed by atoms with Crippen molar-refractivity contribution in [3.05, 3.63) is 11.1 Å². The zero-order valence-electron chi connectivity index (χ0n) is 11.1. The maximum Gasteiger partial charge on any atom is 0.185 e. The van der Waals surface area contributed by atoms with Crippen LogP contribution in [0.15, 0.2) is 6.20 Å². The van der Waals surface area contributed by atoms with E-state index in [0.717, 1.165) is 19.1 Å². The van der Waals surface area contributed by atoms with Crippen LogP contribution in [0.4, 0.5) is 5.13 Å². The van der Waals surface area contributed by atoms with E-state index in [4.69, 9.17) is 0 Å². The van der Waals surface area contributed by atoms with Gasteiger partial charge < -0.3 is 10.2 Å². The summed E-state index contributed by atoms with van der Waals surface area (Å²) >= 11 is 1.82. The van der Waals surface area contributed by atoms with E-state index in [-0.39, 0.29) is 0 Å². The Bertz CT molecular complexity index is 344. The summed E-state index contributed by atoms with van der Waals surface area (Å²) in [5.41, 5.74) is 0. The highest BCUT2D eigenvalue weighted by Gasteiger charge is 2.23. The fourth-order valence-corrected chi connectivity index (χ4v) is 2.87. The number of aromatic nitrogens is 1. The molecule has 2 rings (SSSR count). The SMILES string of the molecule is CC(C)CNCc1cnc(N(C)C2CCC2)s1. The van der Waals surface area contributed by atoms with E-state index in [1.54, 1.807) is 0 Å². The molecule has 0 atom stereocenters. The number of thiazole rings is 1. The van der Waals surface area contributed by atoms with E-state index < -0.39 is 0 Å². The van der Waals surface area contributed by atoms with Gasteiger partial charge >= 0.3 is 0 Å². The van der Waals surface area contributed by atoms with Gasteiger partial charge in [0, 0.05) is 30.7 Å². The molecule has 0 amide bonds. The normalized spacial score (nSPS) is 16.2. The molecule has 3 nitrogen and oxygen atoms in total. The molecule has 1 heterocycles. The summed E-state index contributed by atoms with van der Waals surface area (Å²) in [4.78, 5) is 8.21. The molecule has 1 saturated carbocycles. The van der Waals surface area contributed by atoms with Gasteiger partial charge in [-0.2, -0.15) is 0 Å². The molecule has 96 valence electrons. The summed E-state index contributed by atoms with van der Waals surface area (Å²) in [7, 11) is 2.17. The van der Waals surface area contributed by atoms with Crippen LogP contribution < -0.4 is 10.2 Å². The van der Waals surface area contributed by atoms with Gasteiger partial charge in [-0.1, -0.05) is 13.8 Å². The zero-order valence-corrected chi connectivity index (χ0v) is 11.9. The minimum atomic E-state index is 0.708. The lowest BCUT2D eigenvalue weighted by molar-refractivity contribution is 0.401. The van der Waals surface area contributed by atoms with Gasteiger partial charge in [-0.25, -0.2) is 4.98 Å². The Kier molecular flexibility index (Phi) is 4.40. The number of hydrogen-bond donors (Lipinski definition) is 1. The first-order valence-corrected chi connectivity index (χ1v) is 7.36. The number of nitrogens with one attached hydrogen (secondary N) is 1. The molecule has 4 heteroatoms. The molecule has 1 aliphatic rings. The van der Waals surface area contributed by atoms with Crippen molar-refractivity contribution in [1.82, 2.24) is 10.3 Å². The van der Waals surface area contributed by atoms with Crippen LogP contribution >= 0.6 is 11.3 Å². The number of rotatable bonds is 6. The summed E-state index contributed by atoms with van der Waals surface area (Å²) in [5.74, 6) is 0.708. The Morgan fingerprint density at radius 2 is 2.29 bits per heavy atom. The molecular formula is C13H23N3S. The number of anilines is 1. The van der Waals surface area contributed by atoms with Crippen LogP contribution in [0.25, 0.3) is 0 Å². The number of nitrogens with zero attached hydrogens (tertiary/aromatic N) is 2. The Balaban J connectivity index is 1.82. The van der Waals surface area contributed by atoms with Crippen molar-refractivity contribution in [3.63, 3.8) is 0 Å². The maximum atomic E-state index is 4.52. The lowest BCUT2D eigenvalue weighted by atomic mass is 9.92. The molecule has 0 aromatic carbocycles. The summed E-state index contributed by atoms with van der Waals surface area (Å²) in [5, 5.41) is 4.64. The van der Waals surface area contributed by atoms with Gasteiger partial charge in [0.05, 0.1) is 0 Å². The van der Waals surface area contributed by atoms with Crippen molar-refractivity contribution in [2.24, 2.45) is 5.92 Å². The van der Waals surface area contributed by atoms with Crippen molar-refractivity contribution < 1.29 is 0 Å². The van der Waals surface area contributed by atoms with E-state index >= 15 is 0 Å². The summed E-state index contributed by atoms with van der Waals surface area (Å²) in [6.07, 6.45) is 6.06. The Hall–Kier alpha value is -0.610. The van der Waals surface area contributed by atoms with Gasteiger partial charge in [-0.05, 0) is 31.7 Å². The minimum absolute atomic E-state index is 0.708. The van der Waals surface area contributed by atoms with Gasteiger partial charge in [-0.15, -0.1) is 11.3 Å². The van der Waals surface area contributed by atoms with E-state index in [2.05, 4.69) is 36.1 Å². The Labute approximate surface area is 108 Å². The van der Waals surface area contributed by atoms with Crippen molar-refractivity contribution >= 4 is 16.5 Å². The third kappa shape index (κ3) is 3.42. The zero-order chi connectivity index (χ0) is 12.3. The summed E-state index contributed by atoms with van der Waals surface area (Å²) < 4.78 is 0. The van der Waals surface area contributed by atoms with E-state index in [1.165, 1.54) is 29.3 Å². The molecule has 1 aromatic heterocycles. The molecule has 1 aromatic rings. The van der Waals surface area contributed by atoms with Crippen LogP contribution in [-0.4, -0.2) is 24.6 Å². The van der Waals surface area contributed by atoms with E-state index in [0.29, 0.717) is 5.92 Å². The first-order valence-electron chi connectivity index (χ1n) is 6.55. The quantitative estimate of drug-likeness (QED) is 0.845. The smallest absolute Gasteiger partial charge is 0.185 e. The van der Waals surface area contributed by atoms with Crippen LogP contribution in [-0.2, 0) is 6.54 Å². The molecule has 0 spiro atoms. The molecule has 0 aliphatic heterocycles. The van der Waals surface area contributed by atoms with Gasteiger partial charge in [0.25, 0.3) is 0 Å². The Morgan fingerprint density at radius 1 is 1.53 bits per heavy atom. The van der Waals surface area contributed by atoms with Gasteiger partial charge in [0.1, 0.15) is 0 Å². The minimum Gasteiger partial charge on any atom is -0.348 e. The first kappa shape index (κ1) is 12.8. The highest BCUT2D eigenvalue weighted by atomic mass is 32.1. The fraction of sp³-hybridized carbons (Fsp3) is 0.769. The first-order chi connectivity index (χ1) is 8.16. The van der Waals surface area contributed by atoms with Gasteiger partial charge in [0.15, 0.2) is 5.13 Å². The second kappa shape index (κ2) is 5.83. The number of hydrogen-bond acceptors (Lipinski definition) is 4. The average molecular weight is 253 g/mol. The monoisotopic (exact) mass is 253 g/mol. The highest BCUT2D eigenvalue weighted by Crippen LogP contribution is 2.30. The predicted octanol–water partition coefficient (Wildman–Crippen LogP) is 2.88. The molecule has 1 N–H and O–H groups in total. The molecule has 1 aliphatic carbocycles. The molecule has 0 radical (unpaired) electrons. The second-order valence-corrected chi connectivity index (χ2v) is 6.42. The predicted molar refractivity (Wildman–Crippen MR) is 74.7 cm³/mol. The van der Waals surface area contributed by atoms with Crippen molar-refractivity contribution in [2.75, 3.05) is 18.5 Å². The molecule has 17 heavy (non-hydrogen) atoms. The topological polar surface area (TPSA) is 28.2 Å². The lowest BCUT2D eigenvalue weighted by Crippen LogP contribution is -2.36. The van der Waals surface area contributed by atoms with Gasteiger partial charge in [-0.3, -0.25) is 0 Å². The van der Waals surface area contributed by atoms with E-state index in [1.807, 2.05) is 17.5 Å². The second-order valence-electron chi connectivity index (χ2n) is 5.33. The summed E-state index contributed by atoms with van der Waals surface area (Å²) in [6.45, 7) is 6.49. The van der Waals surface area contributed by atoms with Crippen LogP contribution in [0.2, 0.25) is 0 Å². The van der Waals surface area contributed by atoms with Crippen LogP contribution in [0.3, 0.4) is 0 Å². The molecule has 0 unspecified atom stereocenters. The van der Waals surface area contributed by atoms with Crippen LogP contribution in [0.1, 0.15) is 38.0 Å². The standard InChI is InChI=1S/C13H23N3S/c1-10(2)7-14-8-12-9-15-13(17-12)16(3)11-5-4-6-11/h9-11,14H,4-8H2,1-3H3. The lowest BCUT2D eigenvalue weighted by Gasteiger charge is -2.34. The average Bonchev–Trinajstić information content (AvgIpc) is 2.63. The van der Waals surface area contributed by atoms with Gasteiger partial charge in [0.2, 0.25) is 0 Å². The van der Waals surface area contributed by atoms with Crippen molar-refractivity contribution in [1.29, 1.82) is 0 Å². The third-order valence-corrected chi connectivity index (χ3v) is 4.41. The molecule has 0 saturated heterocycles. The van der Waals surface area contributed by atoms with E-state index in [9.17, 15) is 0 Å². The molecular weight excluding hydrogens is 230 g/mol. The Morgan fingerprint density at radius 3 is 2.88 bits per heavy atom. The van der Waals surface area contributed by atoms with Crippen LogP contribution in [0, 0.1) is 5.92 Å². The highest BCUT2D eigenvalue weighted by molar-refractivity contribution is 7.15. The van der Waals surface area contributed by atoms with Crippen LogP contribution in [0.5, 0.6) is 0 Å². The summed E-state index contributed by atoms with van der Waals surface area (Å²) in [6, 6.07) is 0.734. The third-order valence-electron chi connectivity index (χ3n) is 3.32. The molecule has 0 bridgehead atoms. The molecule has 1 fully saturated rings. The fourth-order valence-electron chi connectivity index (χ4n) is 1.96. The van der Waals surface area contributed by atoms with Crippen molar-refractivity contribution in [2.45, 2.75) is 45.7 Å². The maximum absolute atomic E-state index is 4.52.